The third kappa shape index (κ3) is 3.18. The molecule has 3 heteroatoms. The quantitative estimate of drug-likeness (QED) is 0.637. The lowest BCUT2D eigenvalue weighted by Crippen LogP contribution is -3.00. The molecule has 0 radical (unpaired) electrons. The summed E-state index contributed by atoms with van der Waals surface area (Å²) in [7, 11) is 0. The molecule has 0 aliphatic heterocycles. The number of rotatable bonds is 2. The molecule has 20 heavy (non-hydrogen) atoms. The van der Waals surface area contributed by atoms with Crippen LogP contribution < -0.4 is 12.4 Å². The van der Waals surface area contributed by atoms with Crippen LogP contribution in [-0.4, -0.2) is 0 Å². The molecule has 0 bridgehead atoms. The maximum absolute atomic E-state index is 6.43. The van der Waals surface area contributed by atoms with Gasteiger partial charge in [-0.1, -0.05) is 48.5 Å². The molecule has 0 fully saturated rings. The molecule has 1 heterocycles. The molecule has 0 aliphatic carbocycles. The summed E-state index contributed by atoms with van der Waals surface area (Å²) in [6.07, 6.45) is 0. The summed E-state index contributed by atoms with van der Waals surface area (Å²) in [5, 5.41) is 0. The molecule has 0 unspecified atom stereocenters. The Morgan fingerprint density at radius 2 is 1.20 bits per heavy atom. The Kier molecular flexibility index (Phi) is 5.13. The molecule has 3 rings (SSSR count). The first kappa shape index (κ1) is 15.0. The van der Waals surface area contributed by atoms with Crippen molar-refractivity contribution < 1.29 is 12.4 Å². The van der Waals surface area contributed by atoms with E-state index in [0.29, 0.717) is 0 Å². The van der Waals surface area contributed by atoms with E-state index in [1.54, 1.807) is 11.3 Å². The van der Waals surface area contributed by atoms with E-state index in [9.17, 15) is 0 Å². The van der Waals surface area contributed by atoms with Gasteiger partial charge in [-0.2, -0.15) is 0 Å². The number of benzene rings is 2. The van der Waals surface area contributed by atoms with Crippen molar-refractivity contribution in [2.24, 2.45) is 0 Å². The van der Waals surface area contributed by atoms with Crippen LogP contribution in [0, 0.1) is 0 Å². The second kappa shape index (κ2) is 6.85. The van der Waals surface area contributed by atoms with E-state index >= 15 is 0 Å². The van der Waals surface area contributed by atoms with Crippen molar-refractivity contribution in [3.05, 3.63) is 77.1 Å². The van der Waals surface area contributed by atoms with Gasteiger partial charge in [-0.3, -0.25) is 0 Å². The summed E-state index contributed by atoms with van der Waals surface area (Å²) in [6, 6.07) is 24.8. The molecule has 0 saturated heterocycles. The topological polar surface area (TPSA) is 0 Å². The second-order valence-corrected chi connectivity index (χ2v) is 5.87. The van der Waals surface area contributed by atoms with Crippen LogP contribution >= 0.6 is 22.9 Å². The highest BCUT2D eigenvalue weighted by molar-refractivity contribution is 7.19. The summed E-state index contributed by atoms with van der Waals surface area (Å²) in [4.78, 5) is 1.19. The Labute approximate surface area is 134 Å². The average Bonchev–Trinajstić information content (AvgIpc) is 2.49. The Bertz CT molecular complexity index is 682. The molecule has 0 amide bonds. The lowest BCUT2D eigenvalue weighted by molar-refractivity contribution is -0.00000346. The molecule has 0 spiro atoms. The zero-order valence-corrected chi connectivity index (χ0v) is 12.9. The van der Waals surface area contributed by atoms with Gasteiger partial charge in [0.25, 0.3) is 0 Å². The summed E-state index contributed by atoms with van der Waals surface area (Å²) in [5.41, 5.74) is 3.45. The second-order valence-electron chi connectivity index (χ2n) is 4.22. The van der Waals surface area contributed by atoms with Gasteiger partial charge in [0, 0.05) is 11.6 Å². The van der Waals surface area contributed by atoms with E-state index in [4.69, 9.17) is 11.6 Å². The van der Waals surface area contributed by atoms with Crippen LogP contribution in [0.5, 0.6) is 0 Å². The van der Waals surface area contributed by atoms with E-state index in [0.717, 1.165) is 15.5 Å². The SMILES string of the molecule is Clc1[s+]c(-c2ccccc2)ccc1-c1ccccc1.[Cl-]. The van der Waals surface area contributed by atoms with Crippen LogP contribution in [0.4, 0.5) is 0 Å². The molecule has 0 N–H and O–H groups in total. The zero-order chi connectivity index (χ0) is 13.1. The lowest BCUT2D eigenvalue weighted by atomic mass is 10.1. The van der Waals surface area contributed by atoms with Gasteiger partial charge < -0.3 is 12.4 Å². The molecular weight excluding hydrogens is 307 g/mol. The van der Waals surface area contributed by atoms with Crippen molar-refractivity contribution >= 4 is 22.9 Å². The third-order valence-corrected chi connectivity index (χ3v) is 4.38. The minimum absolute atomic E-state index is 0. The molecule has 0 nitrogen and oxygen atoms in total. The largest absolute Gasteiger partial charge is 1.00 e. The predicted molar refractivity (Wildman–Crippen MR) is 84.6 cm³/mol. The highest BCUT2D eigenvalue weighted by atomic mass is 35.5. The number of halogens is 2. The maximum Gasteiger partial charge on any atom is 0.306 e. The Hall–Kier alpha value is -1.41. The van der Waals surface area contributed by atoms with Gasteiger partial charge in [-0.05, 0) is 35.4 Å². The van der Waals surface area contributed by atoms with Crippen molar-refractivity contribution in [3.8, 4) is 21.6 Å². The first-order valence-electron chi connectivity index (χ1n) is 6.08. The number of hydrogen-bond donors (Lipinski definition) is 0. The Morgan fingerprint density at radius 1 is 0.650 bits per heavy atom. The van der Waals surface area contributed by atoms with Gasteiger partial charge in [0.15, 0.2) is 0 Å². The van der Waals surface area contributed by atoms with E-state index in [1.165, 1.54) is 10.4 Å². The Balaban J connectivity index is 0.00000147. The fourth-order valence-corrected chi connectivity index (χ4v) is 3.30. The van der Waals surface area contributed by atoms with Crippen molar-refractivity contribution in [3.63, 3.8) is 0 Å². The van der Waals surface area contributed by atoms with Crippen LogP contribution in [0.1, 0.15) is 0 Å². The molecule has 0 aliphatic rings. The smallest absolute Gasteiger partial charge is 0.306 e. The molecule has 3 aromatic rings. The van der Waals surface area contributed by atoms with Gasteiger partial charge in [-0.25, -0.2) is 0 Å². The van der Waals surface area contributed by atoms with Crippen molar-refractivity contribution in [2.45, 2.75) is 0 Å². The molecule has 1 aromatic heterocycles. The van der Waals surface area contributed by atoms with Crippen LogP contribution in [0.25, 0.3) is 21.6 Å². The van der Waals surface area contributed by atoms with Crippen LogP contribution in [0.15, 0.2) is 72.8 Å². The predicted octanol–water partition coefficient (Wildman–Crippen LogP) is 3.02. The highest BCUT2D eigenvalue weighted by Gasteiger charge is 2.17. The van der Waals surface area contributed by atoms with Crippen molar-refractivity contribution in [2.75, 3.05) is 0 Å². The normalized spacial score (nSPS) is 9.85. The minimum atomic E-state index is 0. The first-order valence-corrected chi connectivity index (χ1v) is 7.27. The van der Waals surface area contributed by atoms with Gasteiger partial charge >= 0.3 is 4.34 Å². The summed E-state index contributed by atoms with van der Waals surface area (Å²) < 4.78 is 0.826. The average molecular weight is 319 g/mol. The van der Waals surface area contributed by atoms with E-state index in [1.807, 2.05) is 36.4 Å². The van der Waals surface area contributed by atoms with Gasteiger partial charge in [0.05, 0.1) is 5.56 Å². The summed E-state index contributed by atoms with van der Waals surface area (Å²) in [5.74, 6) is 0. The van der Waals surface area contributed by atoms with Crippen molar-refractivity contribution in [1.29, 1.82) is 0 Å². The highest BCUT2D eigenvalue weighted by Crippen LogP contribution is 2.36. The monoisotopic (exact) mass is 318 g/mol. The van der Waals surface area contributed by atoms with Gasteiger partial charge in [-0.15, -0.1) is 0 Å². The maximum atomic E-state index is 6.43. The minimum Gasteiger partial charge on any atom is -1.00 e. The first-order chi connectivity index (χ1) is 9.34. The van der Waals surface area contributed by atoms with Crippen LogP contribution in [0.2, 0.25) is 4.34 Å². The van der Waals surface area contributed by atoms with Gasteiger partial charge in [0.1, 0.15) is 0 Å². The fraction of sp³-hybridized carbons (Fsp3) is 0. The molecular formula is C17H12Cl2S. The van der Waals surface area contributed by atoms with E-state index < -0.39 is 0 Å². The summed E-state index contributed by atoms with van der Waals surface area (Å²) >= 11 is 8.05. The van der Waals surface area contributed by atoms with E-state index in [2.05, 4.69) is 36.4 Å². The standard InChI is InChI=1S/C17H12ClS.ClH/c18-17-15(13-7-3-1-4-8-13)11-12-16(19-17)14-9-5-2-6-10-14;/h1-12H;1H/q+1;/p-1. The van der Waals surface area contributed by atoms with Crippen LogP contribution in [-0.2, 0) is 0 Å². The lowest BCUT2D eigenvalue weighted by Gasteiger charge is -1.99. The van der Waals surface area contributed by atoms with Gasteiger partial charge in [0.2, 0.25) is 16.2 Å². The summed E-state index contributed by atoms with van der Waals surface area (Å²) in [6.45, 7) is 0. The fourth-order valence-electron chi connectivity index (χ4n) is 2.00. The van der Waals surface area contributed by atoms with Crippen LogP contribution in [0.3, 0.4) is 0 Å². The van der Waals surface area contributed by atoms with E-state index in [-0.39, 0.29) is 12.4 Å². The zero-order valence-electron chi connectivity index (χ0n) is 10.6. The molecule has 100 valence electrons. The van der Waals surface area contributed by atoms with Crippen molar-refractivity contribution in [1.82, 2.24) is 0 Å². The Morgan fingerprint density at radius 3 is 1.75 bits per heavy atom. The number of hydrogen-bond acceptors (Lipinski definition) is 0. The molecule has 0 atom stereocenters. The third-order valence-electron chi connectivity index (χ3n) is 2.96. The molecule has 2 aromatic carbocycles. The molecule has 0 saturated carbocycles.